The van der Waals surface area contributed by atoms with Gasteiger partial charge in [-0.2, -0.15) is 0 Å². The van der Waals surface area contributed by atoms with E-state index in [1.54, 1.807) is 0 Å². The molecule has 0 saturated heterocycles. The van der Waals surface area contributed by atoms with Crippen LogP contribution in [0.3, 0.4) is 0 Å². The van der Waals surface area contributed by atoms with E-state index in [2.05, 4.69) is 10.6 Å². The highest BCUT2D eigenvalue weighted by Crippen LogP contribution is 2.17. The van der Waals surface area contributed by atoms with Gasteiger partial charge >= 0.3 is 5.97 Å². The molecule has 0 unspecified atom stereocenters. The third-order valence-electron chi connectivity index (χ3n) is 3.84. The molecule has 0 spiro atoms. The molecule has 1 aromatic rings. The first kappa shape index (κ1) is 16.9. The van der Waals surface area contributed by atoms with Crippen LogP contribution in [-0.4, -0.2) is 35.5 Å². The van der Waals surface area contributed by atoms with Crippen LogP contribution in [0.5, 0.6) is 0 Å². The predicted molar refractivity (Wildman–Crippen MR) is 80.7 cm³/mol. The fourth-order valence-corrected chi connectivity index (χ4v) is 2.61. The van der Waals surface area contributed by atoms with E-state index in [0.717, 1.165) is 43.9 Å². The first-order chi connectivity index (χ1) is 11.0. The van der Waals surface area contributed by atoms with Gasteiger partial charge in [0.2, 0.25) is 5.91 Å². The van der Waals surface area contributed by atoms with E-state index in [9.17, 15) is 18.8 Å². The summed E-state index contributed by atoms with van der Waals surface area (Å²) in [7, 11) is 0. The molecule has 1 aliphatic carbocycles. The van der Waals surface area contributed by atoms with Crippen molar-refractivity contribution in [1.29, 1.82) is 0 Å². The Kier molecular flexibility index (Phi) is 5.67. The van der Waals surface area contributed by atoms with Crippen LogP contribution in [0.15, 0.2) is 18.2 Å². The van der Waals surface area contributed by atoms with Crippen molar-refractivity contribution in [1.82, 2.24) is 10.6 Å². The number of halogens is 1. The Balaban J connectivity index is 1.86. The number of benzene rings is 1. The maximum atomic E-state index is 13.7. The van der Waals surface area contributed by atoms with Gasteiger partial charge in [0.05, 0.1) is 17.7 Å². The summed E-state index contributed by atoms with van der Waals surface area (Å²) in [5, 5.41) is 13.9. The lowest BCUT2D eigenvalue weighted by Crippen LogP contribution is -2.42. The molecule has 6 nitrogen and oxygen atoms in total. The number of carboxylic acids is 1. The normalized spacial score (nSPS) is 15.0. The van der Waals surface area contributed by atoms with Crippen molar-refractivity contribution in [2.24, 2.45) is 0 Å². The van der Waals surface area contributed by atoms with Crippen LogP contribution in [0.2, 0.25) is 0 Å². The lowest BCUT2D eigenvalue weighted by Gasteiger charge is -2.22. The minimum atomic E-state index is -1.28. The Labute approximate surface area is 133 Å². The first-order valence-corrected chi connectivity index (χ1v) is 7.58. The van der Waals surface area contributed by atoms with Crippen LogP contribution >= 0.6 is 0 Å². The van der Waals surface area contributed by atoms with Crippen molar-refractivity contribution in [3.8, 4) is 0 Å². The second-order valence-electron chi connectivity index (χ2n) is 5.58. The van der Waals surface area contributed by atoms with E-state index in [1.165, 1.54) is 6.42 Å². The van der Waals surface area contributed by atoms with E-state index in [1.807, 2.05) is 0 Å². The number of carbonyl (C=O) groups excluding carboxylic acids is 2. The number of aromatic carboxylic acids is 1. The predicted octanol–water partition coefficient (Wildman–Crippen LogP) is 1.70. The molecule has 124 valence electrons. The van der Waals surface area contributed by atoms with Gasteiger partial charge in [-0.15, -0.1) is 0 Å². The van der Waals surface area contributed by atoms with Gasteiger partial charge in [0, 0.05) is 6.04 Å². The molecule has 2 rings (SSSR count). The van der Waals surface area contributed by atoms with Gasteiger partial charge in [0.25, 0.3) is 5.91 Å². The Hall–Kier alpha value is -2.44. The summed E-state index contributed by atoms with van der Waals surface area (Å²) in [4.78, 5) is 34.4. The lowest BCUT2D eigenvalue weighted by molar-refractivity contribution is -0.121. The Morgan fingerprint density at radius 3 is 2.48 bits per heavy atom. The molecule has 0 bridgehead atoms. The summed E-state index contributed by atoms with van der Waals surface area (Å²) in [6.07, 6.45) is 5.21. The molecule has 0 aromatic heterocycles. The van der Waals surface area contributed by atoms with E-state index >= 15 is 0 Å². The molecule has 0 aliphatic heterocycles. The lowest BCUT2D eigenvalue weighted by atomic mass is 9.95. The fraction of sp³-hybridized carbons (Fsp3) is 0.438. The topological polar surface area (TPSA) is 95.5 Å². The largest absolute Gasteiger partial charge is 0.478 e. The highest BCUT2D eigenvalue weighted by molar-refractivity contribution is 5.97. The van der Waals surface area contributed by atoms with Crippen molar-refractivity contribution in [3.05, 3.63) is 35.1 Å². The summed E-state index contributed by atoms with van der Waals surface area (Å²) in [6, 6.07) is 3.15. The molecule has 1 aliphatic rings. The summed E-state index contributed by atoms with van der Waals surface area (Å²) in [6.45, 7) is -0.241. The number of hydrogen-bond donors (Lipinski definition) is 3. The van der Waals surface area contributed by atoms with Gasteiger partial charge in [-0.05, 0) is 31.0 Å². The van der Waals surface area contributed by atoms with Crippen LogP contribution in [0, 0.1) is 5.82 Å². The molecule has 7 heteroatoms. The van der Waals surface area contributed by atoms with E-state index < -0.39 is 17.7 Å². The number of hydrogen-bond acceptors (Lipinski definition) is 3. The van der Waals surface area contributed by atoms with Crippen LogP contribution in [0.25, 0.3) is 0 Å². The number of rotatable bonds is 5. The van der Waals surface area contributed by atoms with Crippen molar-refractivity contribution >= 4 is 17.8 Å². The van der Waals surface area contributed by atoms with Gasteiger partial charge in [0.15, 0.2) is 0 Å². The van der Waals surface area contributed by atoms with E-state index in [4.69, 9.17) is 5.11 Å². The van der Waals surface area contributed by atoms with E-state index in [0.29, 0.717) is 0 Å². The van der Waals surface area contributed by atoms with Gasteiger partial charge < -0.3 is 15.7 Å². The average molecular weight is 322 g/mol. The van der Waals surface area contributed by atoms with Gasteiger partial charge in [0.1, 0.15) is 5.82 Å². The van der Waals surface area contributed by atoms with Crippen molar-refractivity contribution < 1.29 is 23.9 Å². The van der Waals surface area contributed by atoms with E-state index in [-0.39, 0.29) is 29.6 Å². The molecule has 23 heavy (non-hydrogen) atoms. The minimum Gasteiger partial charge on any atom is -0.478 e. The van der Waals surface area contributed by atoms with Crippen molar-refractivity contribution in [2.45, 2.75) is 38.1 Å². The average Bonchev–Trinajstić information content (AvgIpc) is 2.53. The SMILES string of the molecule is O=C(CNC(=O)c1ccc(C(=O)O)cc1F)NC1CCCCC1. The molecule has 2 amide bonds. The zero-order chi connectivity index (χ0) is 16.8. The molecule has 1 fully saturated rings. The molecule has 1 saturated carbocycles. The van der Waals surface area contributed by atoms with Crippen molar-refractivity contribution in [3.63, 3.8) is 0 Å². The van der Waals surface area contributed by atoms with Gasteiger partial charge in [-0.1, -0.05) is 19.3 Å². The minimum absolute atomic E-state index is 0.139. The molecule has 0 atom stereocenters. The maximum absolute atomic E-state index is 13.7. The molecule has 0 radical (unpaired) electrons. The van der Waals surface area contributed by atoms with Crippen LogP contribution in [0.4, 0.5) is 4.39 Å². The third-order valence-corrected chi connectivity index (χ3v) is 3.84. The Bertz CT molecular complexity index is 612. The summed E-state index contributed by atoms with van der Waals surface area (Å²) < 4.78 is 13.7. The smallest absolute Gasteiger partial charge is 0.335 e. The van der Waals surface area contributed by atoms with Gasteiger partial charge in [-0.25, -0.2) is 9.18 Å². The second kappa shape index (κ2) is 7.71. The molecular formula is C16H19FN2O4. The second-order valence-corrected chi connectivity index (χ2v) is 5.58. The molecule has 0 heterocycles. The molecule has 3 N–H and O–H groups in total. The van der Waals surface area contributed by atoms with Crippen LogP contribution in [-0.2, 0) is 4.79 Å². The number of nitrogens with one attached hydrogen (secondary N) is 2. The standard InChI is InChI=1S/C16H19FN2O4/c17-13-8-10(16(22)23)6-7-12(13)15(21)18-9-14(20)19-11-4-2-1-3-5-11/h6-8,11H,1-5,9H2,(H,18,21)(H,19,20)(H,22,23). The molecular weight excluding hydrogens is 303 g/mol. The van der Waals surface area contributed by atoms with Gasteiger partial charge in [-0.3, -0.25) is 9.59 Å². The third kappa shape index (κ3) is 4.77. The summed E-state index contributed by atoms with van der Waals surface area (Å²) in [5.74, 6) is -3.27. The Morgan fingerprint density at radius 1 is 1.17 bits per heavy atom. The summed E-state index contributed by atoms with van der Waals surface area (Å²) >= 11 is 0. The molecule has 1 aromatic carbocycles. The highest BCUT2D eigenvalue weighted by atomic mass is 19.1. The number of amides is 2. The highest BCUT2D eigenvalue weighted by Gasteiger charge is 2.18. The first-order valence-electron chi connectivity index (χ1n) is 7.58. The van der Waals surface area contributed by atoms with Crippen molar-refractivity contribution in [2.75, 3.05) is 6.54 Å². The van der Waals surface area contributed by atoms with Crippen LogP contribution in [0.1, 0.15) is 52.8 Å². The number of carboxylic acid groups (broad SMARTS) is 1. The maximum Gasteiger partial charge on any atom is 0.335 e. The quantitative estimate of drug-likeness (QED) is 0.769. The van der Waals surface area contributed by atoms with Crippen LogP contribution < -0.4 is 10.6 Å². The monoisotopic (exact) mass is 322 g/mol. The zero-order valence-corrected chi connectivity index (χ0v) is 12.6. The number of carbonyl (C=O) groups is 3. The summed E-state index contributed by atoms with van der Waals surface area (Å²) in [5.41, 5.74) is -0.533. The zero-order valence-electron chi connectivity index (χ0n) is 12.6. The fourth-order valence-electron chi connectivity index (χ4n) is 2.61. The Morgan fingerprint density at radius 2 is 1.87 bits per heavy atom.